The number of carboxylic acids is 1. The third-order valence-electron chi connectivity index (χ3n) is 4.02. The van der Waals surface area contributed by atoms with Gasteiger partial charge in [0.25, 0.3) is 5.91 Å². The molecule has 0 heterocycles. The molecule has 7 heteroatoms. The van der Waals surface area contributed by atoms with Crippen molar-refractivity contribution in [3.8, 4) is 5.75 Å². The molecule has 0 spiro atoms. The largest absolute Gasteiger partial charge is 0.482 e. The van der Waals surface area contributed by atoms with Crippen molar-refractivity contribution in [3.63, 3.8) is 0 Å². The van der Waals surface area contributed by atoms with Gasteiger partial charge >= 0.3 is 5.97 Å². The van der Waals surface area contributed by atoms with E-state index < -0.39 is 5.97 Å². The highest BCUT2D eigenvalue weighted by Gasteiger charge is 2.08. The van der Waals surface area contributed by atoms with Crippen LogP contribution < -0.4 is 15.4 Å². The van der Waals surface area contributed by atoms with Gasteiger partial charge in [-0.3, -0.25) is 4.79 Å². The average Bonchev–Trinajstić information content (AvgIpc) is 2.72. The SMILES string of the molecule is O=C(COc1ccc(CNc2cccc(C(=O)O)c2)cc1Cl)Nc1ccccc1. The van der Waals surface area contributed by atoms with Gasteiger partial charge in [-0.15, -0.1) is 0 Å². The van der Waals surface area contributed by atoms with Gasteiger partial charge in [0.15, 0.2) is 6.61 Å². The molecule has 0 aliphatic carbocycles. The van der Waals surface area contributed by atoms with Crippen molar-refractivity contribution in [2.24, 2.45) is 0 Å². The van der Waals surface area contributed by atoms with E-state index in [1.807, 2.05) is 24.3 Å². The Morgan fingerprint density at radius 3 is 2.41 bits per heavy atom. The Kier molecular flexibility index (Phi) is 6.71. The van der Waals surface area contributed by atoms with Crippen molar-refractivity contribution in [3.05, 3.63) is 88.9 Å². The maximum Gasteiger partial charge on any atom is 0.335 e. The first-order chi connectivity index (χ1) is 14.0. The number of ether oxygens (including phenoxy) is 1. The molecule has 6 nitrogen and oxygen atoms in total. The van der Waals surface area contributed by atoms with E-state index in [1.54, 1.807) is 42.5 Å². The normalized spacial score (nSPS) is 10.2. The Morgan fingerprint density at radius 1 is 0.931 bits per heavy atom. The molecule has 1 amide bonds. The highest BCUT2D eigenvalue weighted by atomic mass is 35.5. The molecule has 0 saturated heterocycles. The molecule has 0 bridgehead atoms. The first-order valence-corrected chi connectivity index (χ1v) is 9.22. The molecule has 0 aliphatic rings. The number of benzene rings is 3. The van der Waals surface area contributed by atoms with Gasteiger partial charge in [-0.25, -0.2) is 4.79 Å². The second-order valence-corrected chi connectivity index (χ2v) is 6.61. The maximum absolute atomic E-state index is 12.0. The van der Waals surface area contributed by atoms with Crippen molar-refractivity contribution < 1.29 is 19.4 Å². The third-order valence-corrected chi connectivity index (χ3v) is 4.31. The number of carboxylic acid groups (broad SMARTS) is 1. The minimum Gasteiger partial charge on any atom is -0.482 e. The molecule has 3 aromatic carbocycles. The number of aromatic carboxylic acids is 1. The van der Waals surface area contributed by atoms with Crippen LogP contribution in [0.4, 0.5) is 11.4 Å². The number of rotatable bonds is 8. The van der Waals surface area contributed by atoms with E-state index in [-0.39, 0.29) is 18.1 Å². The fraction of sp³-hybridized carbons (Fsp3) is 0.0909. The average molecular weight is 411 g/mol. The van der Waals surface area contributed by atoms with Gasteiger partial charge in [0.2, 0.25) is 0 Å². The molecule has 148 valence electrons. The van der Waals surface area contributed by atoms with Crippen LogP contribution in [0.25, 0.3) is 0 Å². The molecular weight excluding hydrogens is 392 g/mol. The van der Waals surface area contributed by atoms with Crippen LogP contribution in [-0.2, 0) is 11.3 Å². The van der Waals surface area contributed by atoms with Gasteiger partial charge in [0.1, 0.15) is 5.75 Å². The Bertz CT molecular complexity index is 1010. The lowest BCUT2D eigenvalue weighted by molar-refractivity contribution is -0.118. The van der Waals surface area contributed by atoms with Crippen LogP contribution in [0, 0.1) is 0 Å². The summed E-state index contributed by atoms with van der Waals surface area (Å²) < 4.78 is 5.50. The number of hydrogen-bond acceptors (Lipinski definition) is 4. The summed E-state index contributed by atoms with van der Waals surface area (Å²) in [5.74, 6) is -0.850. The lowest BCUT2D eigenvalue weighted by Gasteiger charge is -2.11. The molecule has 0 radical (unpaired) electrons. The number of nitrogens with one attached hydrogen (secondary N) is 2. The van der Waals surface area contributed by atoms with Crippen LogP contribution in [0.3, 0.4) is 0 Å². The fourth-order valence-electron chi connectivity index (χ4n) is 2.60. The quantitative estimate of drug-likeness (QED) is 0.502. The monoisotopic (exact) mass is 410 g/mol. The van der Waals surface area contributed by atoms with Crippen molar-refractivity contribution in [1.29, 1.82) is 0 Å². The summed E-state index contributed by atoms with van der Waals surface area (Å²) in [5.41, 5.74) is 2.49. The number of amides is 1. The Balaban J connectivity index is 1.54. The summed E-state index contributed by atoms with van der Waals surface area (Å²) >= 11 is 6.26. The van der Waals surface area contributed by atoms with Gasteiger partial charge < -0.3 is 20.5 Å². The Labute approximate surface area is 173 Å². The number of para-hydroxylation sites is 1. The van der Waals surface area contributed by atoms with Crippen LogP contribution in [0.5, 0.6) is 5.75 Å². The van der Waals surface area contributed by atoms with Crippen molar-refractivity contribution in [2.75, 3.05) is 17.2 Å². The molecule has 0 saturated carbocycles. The minimum atomic E-state index is -0.977. The second kappa shape index (κ2) is 9.61. The molecule has 0 aliphatic heterocycles. The Hall–Kier alpha value is -3.51. The van der Waals surface area contributed by atoms with E-state index in [0.717, 1.165) is 5.56 Å². The van der Waals surface area contributed by atoms with Crippen molar-refractivity contribution in [1.82, 2.24) is 0 Å². The number of carbonyl (C=O) groups is 2. The van der Waals surface area contributed by atoms with Crippen LogP contribution in [0.2, 0.25) is 5.02 Å². The van der Waals surface area contributed by atoms with Crippen LogP contribution in [0.15, 0.2) is 72.8 Å². The van der Waals surface area contributed by atoms with E-state index >= 15 is 0 Å². The van der Waals surface area contributed by atoms with Gasteiger partial charge in [0, 0.05) is 17.9 Å². The molecule has 0 atom stereocenters. The van der Waals surface area contributed by atoms with Crippen LogP contribution >= 0.6 is 11.6 Å². The predicted octanol–water partition coefficient (Wildman–Crippen LogP) is 4.67. The van der Waals surface area contributed by atoms with Crippen LogP contribution in [0.1, 0.15) is 15.9 Å². The van der Waals surface area contributed by atoms with E-state index in [0.29, 0.717) is 28.7 Å². The molecule has 0 fully saturated rings. The molecule has 3 rings (SSSR count). The maximum atomic E-state index is 12.0. The number of halogens is 1. The first kappa shape index (κ1) is 20.2. The van der Waals surface area contributed by atoms with Gasteiger partial charge in [-0.2, -0.15) is 0 Å². The zero-order valence-electron chi connectivity index (χ0n) is 15.4. The highest BCUT2D eigenvalue weighted by molar-refractivity contribution is 6.32. The smallest absolute Gasteiger partial charge is 0.335 e. The summed E-state index contributed by atoms with van der Waals surface area (Å²) in [4.78, 5) is 23.0. The third kappa shape index (κ3) is 5.99. The summed E-state index contributed by atoms with van der Waals surface area (Å²) in [7, 11) is 0. The summed E-state index contributed by atoms with van der Waals surface area (Å²) in [6.45, 7) is 0.297. The Morgan fingerprint density at radius 2 is 1.69 bits per heavy atom. The number of anilines is 2. The standard InChI is InChI=1S/C22H19ClN2O4/c23-19-11-15(13-24-18-8-4-5-16(12-18)22(27)28)9-10-20(19)29-14-21(26)25-17-6-2-1-3-7-17/h1-12,24H,13-14H2,(H,25,26)(H,27,28). The van der Waals surface area contributed by atoms with Crippen molar-refractivity contribution >= 4 is 34.9 Å². The summed E-state index contributed by atoms with van der Waals surface area (Å²) in [6, 6.07) is 20.9. The topological polar surface area (TPSA) is 87.7 Å². The van der Waals surface area contributed by atoms with Gasteiger partial charge in [0.05, 0.1) is 10.6 Å². The van der Waals surface area contributed by atoms with Crippen LogP contribution in [-0.4, -0.2) is 23.6 Å². The predicted molar refractivity (Wildman–Crippen MR) is 113 cm³/mol. The lowest BCUT2D eigenvalue weighted by atomic mass is 10.2. The van der Waals surface area contributed by atoms with Crippen molar-refractivity contribution in [2.45, 2.75) is 6.54 Å². The molecule has 3 aromatic rings. The van der Waals surface area contributed by atoms with E-state index in [2.05, 4.69) is 10.6 Å². The van der Waals surface area contributed by atoms with E-state index in [1.165, 1.54) is 6.07 Å². The first-order valence-electron chi connectivity index (χ1n) is 8.84. The second-order valence-electron chi connectivity index (χ2n) is 6.21. The van der Waals surface area contributed by atoms with Gasteiger partial charge in [-0.1, -0.05) is 41.9 Å². The summed E-state index contributed by atoms with van der Waals surface area (Å²) in [6.07, 6.45) is 0. The van der Waals surface area contributed by atoms with Gasteiger partial charge in [-0.05, 0) is 48.0 Å². The highest BCUT2D eigenvalue weighted by Crippen LogP contribution is 2.26. The molecule has 3 N–H and O–H groups in total. The minimum absolute atomic E-state index is 0.159. The zero-order valence-corrected chi connectivity index (χ0v) is 16.1. The zero-order chi connectivity index (χ0) is 20.6. The molecule has 29 heavy (non-hydrogen) atoms. The fourth-order valence-corrected chi connectivity index (χ4v) is 2.86. The molecular formula is C22H19ClN2O4. The van der Waals surface area contributed by atoms with E-state index in [9.17, 15) is 9.59 Å². The molecule has 0 aromatic heterocycles. The van der Waals surface area contributed by atoms with E-state index in [4.69, 9.17) is 21.4 Å². The lowest BCUT2D eigenvalue weighted by Crippen LogP contribution is -2.20. The number of hydrogen-bond donors (Lipinski definition) is 3. The molecule has 0 unspecified atom stereocenters. The summed E-state index contributed by atoms with van der Waals surface area (Å²) in [5, 5.41) is 15.3. The number of carbonyl (C=O) groups excluding carboxylic acids is 1.